The van der Waals surface area contributed by atoms with Gasteiger partial charge in [-0.1, -0.05) is 33.3 Å². The summed E-state index contributed by atoms with van der Waals surface area (Å²) in [5.41, 5.74) is 0. The number of unbranched alkanes of at least 4 members (excludes halogenated alkanes) is 2. The molecule has 0 aromatic carbocycles. The minimum Gasteiger partial charge on any atom is -0.414 e. The summed E-state index contributed by atoms with van der Waals surface area (Å²) >= 11 is 0. The molecule has 0 rings (SSSR count). The van der Waals surface area contributed by atoms with Gasteiger partial charge in [0.05, 0.1) is 0 Å². The fraction of sp³-hybridized carbons (Fsp3) is 0.800. The van der Waals surface area contributed by atoms with Crippen LogP contribution < -0.4 is 0 Å². The molecule has 0 heterocycles. The molecule has 0 amide bonds. The molecule has 0 fully saturated rings. The van der Waals surface area contributed by atoms with E-state index in [1.807, 2.05) is 6.08 Å². The number of aldehydes is 1. The maximum atomic E-state index is 10.1. The van der Waals surface area contributed by atoms with Crippen LogP contribution in [0.2, 0.25) is 18.1 Å². The van der Waals surface area contributed by atoms with Crippen molar-refractivity contribution >= 4 is 14.6 Å². The highest BCUT2D eigenvalue weighted by atomic mass is 28.4. The molecule has 0 aromatic rings. The fourth-order valence-electron chi connectivity index (χ4n) is 1.58. The van der Waals surface area contributed by atoms with Gasteiger partial charge >= 0.3 is 0 Å². The number of carbonyl (C=O) groups excluding carboxylic acids is 1. The van der Waals surface area contributed by atoms with E-state index < -0.39 is 8.32 Å². The monoisotopic (exact) mass is 270 g/mol. The number of carbonyl (C=O) groups is 1. The number of rotatable bonds is 8. The zero-order chi connectivity index (χ0) is 14.2. The Morgan fingerprint density at radius 3 is 2.33 bits per heavy atom. The lowest BCUT2D eigenvalue weighted by Crippen LogP contribution is -2.43. The summed E-state index contributed by atoms with van der Waals surface area (Å²) in [6.45, 7) is 13.6. The van der Waals surface area contributed by atoms with Crippen LogP contribution in [0.3, 0.4) is 0 Å². The van der Waals surface area contributed by atoms with Gasteiger partial charge in [-0.05, 0) is 50.4 Å². The van der Waals surface area contributed by atoms with E-state index in [1.165, 1.54) is 6.42 Å². The van der Waals surface area contributed by atoms with E-state index >= 15 is 0 Å². The van der Waals surface area contributed by atoms with Gasteiger partial charge in [0.2, 0.25) is 0 Å². The van der Waals surface area contributed by atoms with Crippen molar-refractivity contribution in [3.05, 3.63) is 12.2 Å². The second kappa shape index (κ2) is 7.90. The van der Waals surface area contributed by atoms with Crippen LogP contribution in [0.25, 0.3) is 0 Å². The second-order valence-corrected chi connectivity index (χ2v) is 11.3. The Kier molecular flexibility index (Phi) is 7.72. The fourth-order valence-corrected chi connectivity index (χ4v) is 3.06. The van der Waals surface area contributed by atoms with E-state index in [9.17, 15) is 4.79 Å². The molecule has 0 aromatic heterocycles. The first-order valence-electron chi connectivity index (χ1n) is 6.99. The zero-order valence-corrected chi connectivity index (χ0v) is 14.0. The molecule has 0 saturated heterocycles. The third-order valence-electron chi connectivity index (χ3n) is 3.75. The highest BCUT2D eigenvalue weighted by Crippen LogP contribution is 2.37. The summed E-state index contributed by atoms with van der Waals surface area (Å²) in [5, 5.41) is 0.286. The molecule has 0 radical (unpaired) electrons. The summed E-state index contributed by atoms with van der Waals surface area (Å²) in [4.78, 5) is 10.1. The predicted molar refractivity (Wildman–Crippen MR) is 81.4 cm³/mol. The highest BCUT2D eigenvalue weighted by Gasteiger charge is 2.38. The topological polar surface area (TPSA) is 26.3 Å². The molecule has 106 valence electrons. The Bertz CT molecular complexity index is 264. The van der Waals surface area contributed by atoms with Gasteiger partial charge in [-0.2, -0.15) is 0 Å². The average molecular weight is 270 g/mol. The Hall–Kier alpha value is -0.413. The van der Waals surface area contributed by atoms with Crippen molar-refractivity contribution in [1.82, 2.24) is 0 Å². The molecule has 3 heteroatoms. The van der Waals surface area contributed by atoms with Crippen molar-refractivity contribution in [3.8, 4) is 0 Å². The van der Waals surface area contributed by atoms with Crippen molar-refractivity contribution in [1.29, 1.82) is 0 Å². The van der Waals surface area contributed by atoms with Gasteiger partial charge in [-0.25, -0.2) is 0 Å². The zero-order valence-electron chi connectivity index (χ0n) is 13.0. The molecule has 0 aliphatic rings. The summed E-state index contributed by atoms with van der Waals surface area (Å²) < 4.78 is 6.29. The Morgan fingerprint density at radius 2 is 1.83 bits per heavy atom. The van der Waals surface area contributed by atoms with E-state index in [0.717, 1.165) is 25.5 Å². The van der Waals surface area contributed by atoms with Gasteiger partial charge in [0.1, 0.15) is 6.29 Å². The standard InChI is InChI=1S/C15H30O2Si/c1-14(12-10-8-7-9-11-13-16)17-18(5,6)15(2,3)4/h9,11,13-14H,7-8,10,12H2,1-6H3/b11-9+/t14-/m1/s1. The van der Waals surface area contributed by atoms with E-state index in [0.29, 0.717) is 6.10 Å². The lowest BCUT2D eigenvalue weighted by molar-refractivity contribution is -0.104. The van der Waals surface area contributed by atoms with Gasteiger partial charge in [0.25, 0.3) is 0 Å². The van der Waals surface area contributed by atoms with Crippen molar-refractivity contribution in [2.75, 3.05) is 0 Å². The van der Waals surface area contributed by atoms with Crippen molar-refractivity contribution in [2.24, 2.45) is 0 Å². The molecule has 0 aliphatic heterocycles. The summed E-state index contributed by atoms with van der Waals surface area (Å²) in [6, 6.07) is 0. The molecule has 0 N–H and O–H groups in total. The molecule has 2 nitrogen and oxygen atoms in total. The van der Waals surface area contributed by atoms with Gasteiger partial charge in [-0.3, -0.25) is 4.79 Å². The Labute approximate surface area is 114 Å². The Balaban J connectivity index is 3.87. The SMILES string of the molecule is C[C@H](CCCC/C=C/C=O)O[Si](C)(C)C(C)(C)C. The van der Waals surface area contributed by atoms with Gasteiger partial charge in [0.15, 0.2) is 8.32 Å². The van der Waals surface area contributed by atoms with E-state index in [-0.39, 0.29) is 5.04 Å². The largest absolute Gasteiger partial charge is 0.414 e. The van der Waals surface area contributed by atoms with Crippen molar-refractivity contribution in [2.45, 2.75) is 77.6 Å². The molecule has 1 atom stereocenters. The summed E-state index contributed by atoms with van der Waals surface area (Å²) in [7, 11) is -1.61. The molecule has 0 aliphatic carbocycles. The van der Waals surface area contributed by atoms with E-state index in [1.54, 1.807) is 6.08 Å². The van der Waals surface area contributed by atoms with Crippen molar-refractivity contribution in [3.63, 3.8) is 0 Å². The van der Waals surface area contributed by atoms with Crippen LogP contribution in [0, 0.1) is 0 Å². The molecule has 0 saturated carbocycles. The normalized spacial score (nSPS) is 15.0. The molecule has 0 bridgehead atoms. The second-order valence-electron chi connectivity index (χ2n) is 6.54. The van der Waals surface area contributed by atoms with E-state index in [4.69, 9.17) is 4.43 Å². The first-order valence-corrected chi connectivity index (χ1v) is 9.89. The van der Waals surface area contributed by atoms with Crippen LogP contribution in [-0.4, -0.2) is 20.7 Å². The maximum Gasteiger partial charge on any atom is 0.192 e. The number of hydrogen-bond donors (Lipinski definition) is 0. The van der Waals surface area contributed by atoms with Crippen LogP contribution in [0.1, 0.15) is 53.4 Å². The molecule has 18 heavy (non-hydrogen) atoms. The van der Waals surface area contributed by atoms with Crippen LogP contribution in [-0.2, 0) is 9.22 Å². The van der Waals surface area contributed by atoms with Gasteiger partial charge in [-0.15, -0.1) is 0 Å². The minimum atomic E-state index is -1.61. The third kappa shape index (κ3) is 7.12. The summed E-state index contributed by atoms with van der Waals surface area (Å²) in [5.74, 6) is 0. The van der Waals surface area contributed by atoms with Crippen LogP contribution in [0.15, 0.2) is 12.2 Å². The number of allylic oxidation sites excluding steroid dienone is 2. The first kappa shape index (κ1) is 17.6. The average Bonchev–Trinajstić information content (AvgIpc) is 2.20. The predicted octanol–water partition coefficient (Wildman–Crippen LogP) is 4.71. The van der Waals surface area contributed by atoms with Gasteiger partial charge in [0, 0.05) is 6.10 Å². The summed E-state index contributed by atoms with van der Waals surface area (Å²) in [6.07, 6.45) is 9.10. The molecule has 0 unspecified atom stereocenters. The van der Waals surface area contributed by atoms with Crippen LogP contribution in [0.4, 0.5) is 0 Å². The first-order chi connectivity index (χ1) is 8.20. The molecular formula is C15H30O2Si. The maximum absolute atomic E-state index is 10.1. The third-order valence-corrected chi connectivity index (χ3v) is 8.35. The lowest BCUT2D eigenvalue weighted by atomic mass is 10.1. The highest BCUT2D eigenvalue weighted by molar-refractivity contribution is 6.74. The molecule has 0 spiro atoms. The number of hydrogen-bond acceptors (Lipinski definition) is 2. The lowest BCUT2D eigenvalue weighted by Gasteiger charge is -2.38. The molecular weight excluding hydrogens is 240 g/mol. The smallest absolute Gasteiger partial charge is 0.192 e. The van der Waals surface area contributed by atoms with Crippen LogP contribution >= 0.6 is 0 Å². The quantitative estimate of drug-likeness (QED) is 0.276. The minimum absolute atomic E-state index is 0.286. The van der Waals surface area contributed by atoms with Gasteiger partial charge < -0.3 is 4.43 Å². The van der Waals surface area contributed by atoms with Crippen LogP contribution in [0.5, 0.6) is 0 Å². The van der Waals surface area contributed by atoms with Crippen molar-refractivity contribution < 1.29 is 9.22 Å². The van der Waals surface area contributed by atoms with E-state index in [2.05, 4.69) is 40.8 Å². The Morgan fingerprint density at radius 1 is 1.22 bits per heavy atom.